The second-order valence-corrected chi connectivity index (χ2v) is 6.52. The molecule has 112 valence electrons. The third-order valence-electron chi connectivity index (χ3n) is 2.54. The van der Waals surface area contributed by atoms with Crippen LogP contribution in [0.4, 0.5) is 24.5 Å². The van der Waals surface area contributed by atoms with E-state index in [4.69, 9.17) is 5.73 Å². The van der Waals surface area contributed by atoms with Gasteiger partial charge in [-0.1, -0.05) is 6.07 Å². The number of nitrogens with two attached hydrogens (primary N) is 1. The zero-order chi connectivity index (χ0) is 15.8. The molecule has 2 aromatic rings. The lowest BCUT2D eigenvalue weighted by Crippen LogP contribution is -2.16. The van der Waals surface area contributed by atoms with Crippen molar-refractivity contribution in [3.63, 3.8) is 0 Å². The number of nitrogen functional groups attached to an aromatic ring is 1. The summed E-state index contributed by atoms with van der Waals surface area (Å²) in [6, 6.07) is 4.77. The van der Waals surface area contributed by atoms with Crippen molar-refractivity contribution in [2.45, 2.75) is 4.90 Å². The fourth-order valence-electron chi connectivity index (χ4n) is 1.56. The van der Waals surface area contributed by atoms with Gasteiger partial charge in [-0.25, -0.2) is 21.6 Å². The molecule has 3 N–H and O–H groups in total. The number of anilines is 2. The molecule has 2 rings (SSSR count). The third-order valence-corrected chi connectivity index (χ3v) is 4.57. The van der Waals surface area contributed by atoms with Crippen LogP contribution in [0.15, 0.2) is 39.7 Å². The Bertz CT molecular complexity index is 812. The fourth-order valence-corrected chi connectivity index (χ4v) is 3.25. The Labute approximate surface area is 127 Å². The van der Waals surface area contributed by atoms with Gasteiger partial charge in [0, 0.05) is 0 Å². The van der Waals surface area contributed by atoms with E-state index in [-0.39, 0.29) is 10.2 Å². The fraction of sp³-hybridized carbons (Fsp3) is 0. The van der Waals surface area contributed by atoms with Crippen LogP contribution < -0.4 is 10.5 Å². The molecule has 2 aromatic carbocycles. The largest absolute Gasteiger partial charge is 0.398 e. The number of hydrogen-bond donors (Lipinski definition) is 2. The van der Waals surface area contributed by atoms with E-state index in [1.807, 2.05) is 4.72 Å². The van der Waals surface area contributed by atoms with Gasteiger partial charge in [-0.3, -0.25) is 4.72 Å². The zero-order valence-corrected chi connectivity index (χ0v) is 12.6. The highest BCUT2D eigenvalue weighted by Gasteiger charge is 2.22. The molecule has 0 atom stereocenters. The van der Waals surface area contributed by atoms with Crippen molar-refractivity contribution in [1.29, 1.82) is 0 Å². The molecule has 0 saturated carbocycles. The van der Waals surface area contributed by atoms with Gasteiger partial charge in [0.15, 0.2) is 11.6 Å². The molecule has 0 aliphatic heterocycles. The number of hydrogen-bond acceptors (Lipinski definition) is 3. The van der Waals surface area contributed by atoms with Crippen molar-refractivity contribution in [3.05, 3.63) is 52.3 Å². The summed E-state index contributed by atoms with van der Waals surface area (Å²) < 4.78 is 65.8. The highest BCUT2D eigenvalue weighted by molar-refractivity contribution is 9.10. The van der Waals surface area contributed by atoms with Crippen LogP contribution >= 0.6 is 15.9 Å². The Kier molecular flexibility index (Phi) is 4.15. The summed E-state index contributed by atoms with van der Waals surface area (Å²) in [7, 11) is -4.30. The maximum Gasteiger partial charge on any atom is 0.264 e. The molecule has 0 heterocycles. The molecule has 0 saturated heterocycles. The first-order chi connectivity index (χ1) is 9.72. The van der Waals surface area contributed by atoms with E-state index in [1.165, 1.54) is 0 Å². The summed E-state index contributed by atoms with van der Waals surface area (Å²) in [5, 5.41) is 0. The van der Waals surface area contributed by atoms with Crippen LogP contribution in [-0.2, 0) is 10.0 Å². The van der Waals surface area contributed by atoms with Crippen LogP contribution in [0.25, 0.3) is 0 Å². The van der Waals surface area contributed by atoms with Crippen LogP contribution in [0.1, 0.15) is 0 Å². The number of rotatable bonds is 3. The Morgan fingerprint density at radius 2 is 1.76 bits per heavy atom. The predicted molar refractivity (Wildman–Crippen MR) is 75.7 cm³/mol. The molecule has 0 unspecified atom stereocenters. The van der Waals surface area contributed by atoms with E-state index >= 15 is 0 Å². The van der Waals surface area contributed by atoms with Gasteiger partial charge in [-0.05, 0) is 40.2 Å². The van der Waals surface area contributed by atoms with Gasteiger partial charge >= 0.3 is 0 Å². The van der Waals surface area contributed by atoms with Crippen molar-refractivity contribution in [2.75, 3.05) is 10.5 Å². The smallest absolute Gasteiger partial charge is 0.264 e. The van der Waals surface area contributed by atoms with E-state index < -0.39 is 38.1 Å². The van der Waals surface area contributed by atoms with Gasteiger partial charge in [0.2, 0.25) is 0 Å². The molecule has 0 amide bonds. The quantitative estimate of drug-likeness (QED) is 0.802. The number of benzene rings is 2. The molecule has 0 radical (unpaired) electrons. The van der Waals surface area contributed by atoms with Gasteiger partial charge in [0.05, 0.1) is 15.8 Å². The minimum atomic E-state index is -4.30. The lowest BCUT2D eigenvalue weighted by molar-refractivity contribution is 0.511. The molecule has 21 heavy (non-hydrogen) atoms. The highest BCUT2D eigenvalue weighted by Crippen LogP contribution is 2.28. The first-order valence-electron chi connectivity index (χ1n) is 5.43. The molecular formula is C12H8BrF3N2O2S. The first kappa shape index (κ1) is 15.6. The molecule has 0 spiro atoms. The topological polar surface area (TPSA) is 72.2 Å². The van der Waals surface area contributed by atoms with Gasteiger partial charge in [0.1, 0.15) is 10.7 Å². The zero-order valence-electron chi connectivity index (χ0n) is 10.2. The van der Waals surface area contributed by atoms with E-state index in [2.05, 4.69) is 15.9 Å². The van der Waals surface area contributed by atoms with Gasteiger partial charge in [-0.15, -0.1) is 0 Å². The van der Waals surface area contributed by atoms with Gasteiger partial charge < -0.3 is 5.73 Å². The first-order valence-corrected chi connectivity index (χ1v) is 7.71. The normalized spacial score (nSPS) is 11.4. The Hall–Kier alpha value is -1.74. The summed E-state index contributed by atoms with van der Waals surface area (Å²) in [4.78, 5) is -0.459. The maximum absolute atomic E-state index is 13.5. The van der Waals surface area contributed by atoms with Gasteiger partial charge in [0.25, 0.3) is 10.0 Å². The average Bonchev–Trinajstić information content (AvgIpc) is 2.39. The molecule has 9 heteroatoms. The van der Waals surface area contributed by atoms with Crippen molar-refractivity contribution in [1.82, 2.24) is 0 Å². The lowest BCUT2D eigenvalue weighted by Gasteiger charge is -2.11. The predicted octanol–water partition coefficient (Wildman–Crippen LogP) is 3.25. The summed E-state index contributed by atoms with van der Waals surface area (Å²) in [5.41, 5.74) is 4.51. The minimum Gasteiger partial charge on any atom is -0.398 e. The second-order valence-electron chi connectivity index (χ2n) is 4.01. The SMILES string of the molecule is Nc1cc(F)c(Br)cc1S(=O)(=O)Nc1cccc(F)c1F. The lowest BCUT2D eigenvalue weighted by atomic mass is 10.3. The van der Waals surface area contributed by atoms with E-state index in [9.17, 15) is 21.6 Å². The van der Waals surface area contributed by atoms with Crippen LogP contribution in [0, 0.1) is 17.5 Å². The number of sulfonamides is 1. The van der Waals surface area contributed by atoms with E-state index in [0.717, 1.165) is 30.3 Å². The molecule has 0 aliphatic rings. The highest BCUT2D eigenvalue weighted by atomic mass is 79.9. The van der Waals surface area contributed by atoms with Crippen molar-refractivity contribution >= 4 is 37.3 Å². The third kappa shape index (κ3) is 3.13. The average molecular weight is 381 g/mol. The Morgan fingerprint density at radius 3 is 2.43 bits per heavy atom. The minimum absolute atomic E-state index is 0.128. The second kappa shape index (κ2) is 5.57. The van der Waals surface area contributed by atoms with Crippen LogP contribution in [0.3, 0.4) is 0 Å². The molecule has 0 bridgehead atoms. The summed E-state index contributed by atoms with van der Waals surface area (Å²) >= 11 is 2.83. The van der Waals surface area contributed by atoms with Crippen LogP contribution in [0.5, 0.6) is 0 Å². The molecule has 0 aliphatic carbocycles. The molecular weight excluding hydrogens is 373 g/mol. The Balaban J connectivity index is 2.48. The number of nitrogens with one attached hydrogen (secondary N) is 1. The molecule has 0 fully saturated rings. The van der Waals surface area contributed by atoms with Crippen LogP contribution in [-0.4, -0.2) is 8.42 Å². The summed E-state index contributed by atoms with van der Waals surface area (Å²) in [5.74, 6) is -3.30. The standard InChI is InChI=1S/C12H8BrF3N2O2S/c13-6-4-11(9(17)5-8(6)15)21(19,20)18-10-3-1-2-7(14)12(10)16/h1-5,18H,17H2. The van der Waals surface area contributed by atoms with Crippen molar-refractivity contribution in [2.24, 2.45) is 0 Å². The molecule has 4 nitrogen and oxygen atoms in total. The Morgan fingerprint density at radius 1 is 1.10 bits per heavy atom. The van der Waals surface area contributed by atoms with E-state index in [0.29, 0.717) is 0 Å². The summed E-state index contributed by atoms with van der Waals surface area (Å²) in [6.07, 6.45) is 0. The van der Waals surface area contributed by atoms with Gasteiger partial charge in [-0.2, -0.15) is 0 Å². The maximum atomic E-state index is 13.5. The van der Waals surface area contributed by atoms with Crippen LogP contribution in [0.2, 0.25) is 0 Å². The van der Waals surface area contributed by atoms with E-state index in [1.54, 1.807) is 0 Å². The monoisotopic (exact) mass is 380 g/mol. The summed E-state index contributed by atoms with van der Waals surface area (Å²) in [6.45, 7) is 0. The van der Waals surface area contributed by atoms with Crippen molar-refractivity contribution < 1.29 is 21.6 Å². The van der Waals surface area contributed by atoms with Crippen molar-refractivity contribution in [3.8, 4) is 0 Å². The molecule has 0 aromatic heterocycles. The number of halogens is 4.